The quantitative estimate of drug-likeness (QED) is 0.825. The van der Waals surface area contributed by atoms with E-state index in [9.17, 15) is 4.79 Å². The van der Waals surface area contributed by atoms with Gasteiger partial charge in [0.15, 0.2) is 0 Å². The van der Waals surface area contributed by atoms with Gasteiger partial charge in [-0.15, -0.1) is 12.4 Å². The van der Waals surface area contributed by atoms with Crippen LogP contribution < -0.4 is 11.1 Å². The van der Waals surface area contributed by atoms with E-state index in [-0.39, 0.29) is 18.3 Å². The number of nitrogen functional groups attached to an aromatic ring is 1. The van der Waals surface area contributed by atoms with Crippen LogP contribution in [0.1, 0.15) is 37.0 Å². The molecule has 3 nitrogen and oxygen atoms in total. The smallest absolute Gasteiger partial charge is 0.251 e. The molecule has 18 heavy (non-hydrogen) atoms. The molecule has 0 atom stereocenters. The van der Waals surface area contributed by atoms with Crippen molar-refractivity contribution in [1.29, 1.82) is 0 Å². The molecule has 3 N–H and O–H groups in total. The second-order valence-corrected chi connectivity index (χ2v) is 5.33. The highest BCUT2D eigenvalue weighted by atomic mass is 35.5. The average Bonchev–Trinajstić information content (AvgIpc) is 3.07. The van der Waals surface area contributed by atoms with Crippen molar-refractivity contribution in [2.24, 2.45) is 11.3 Å². The number of anilines is 1. The molecule has 0 heterocycles. The van der Waals surface area contributed by atoms with Gasteiger partial charge in [0.25, 0.3) is 5.91 Å². The Hall–Kier alpha value is -1.22. The lowest BCUT2D eigenvalue weighted by molar-refractivity contribution is 0.0940. The molecule has 1 aromatic carbocycles. The molecule has 2 rings (SSSR count). The van der Waals surface area contributed by atoms with Gasteiger partial charge in [0.05, 0.1) is 0 Å². The largest absolute Gasteiger partial charge is 0.399 e. The highest BCUT2D eigenvalue weighted by Gasteiger charge is 2.45. The Kier molecular flexibility index (Phi) is 4.63. The second kappa shape index (κ2) is 5.61. The number of halogens is 1. The standard InChI is InChI=1S/C14H20N2O.ClH/c1-10(2)14(6-7-14)9-16-13(17)11-4-3-5-12(15)8-11;/h3-5,8,10H,6-7,9,15H2,1-2H3,(H,16,17);1H. The van der Waals surface area contributed by atoms with E-state index in [4.69, 9.17) is 5.73 Å². The van der Waals surface area contributed by atoms with Crippen LogP contribution in [0.5, 0.6) is 0 Å². The molecule has 1 fully saturated rings. The van der Waals surface area contributed by atoms with Gasteiger partial charge in [-0.05, 0) is 42.4 Å². The average molecular weight is 269 g/mol. The molecule has 1 aliphatic rings. The molecule has 1 aliphatic carbocycles. The van der Waals surface area contributed by atoms with Gasteiger partial charge in [-0.2, -0.15) is 0 Å². The van der Waals surface area contributed by atoms with Gasteiger partial charge in [-0.3, -0.25) is 4.79 Å². The summed E-state index contributed by atoms with van der Waals surface area (Å²) in [6.45, 7) is 5.22. The summed E-state index contributed by atoms with van der Waals surface area (Å²) >= 11 is 0. The zero-order chi connectivity index (χ0) is 12.5. The maximum absolute atomic E-state index is 11.9. The number of nitrogens with one attached hydrogen (secondary N) is 1. The first kappa shape index (κ1) is 14.8. The van der Waals surface area contributed by atoms with Crippen LogP contribution in [0.2, 0.25) is 0 Å². The Balaban J connectivity index is 0.00000162. The molecule has 1 amide bonds. The zero-order valence-corrected chi connectivity index (χ0v) is 11.7. The number of hydrogen-bond acceptors (Lipinski definition) is 2. The van der Waals surface area contributed by atoms with Crippen LogP contribution in [0.15, 0.2) is 24.3 Å². The van der Waals surface area contributed by atoms with Crippen molar-refractivity contribution in [3.05, 3.63) is 29.8 Å². The van der Waals surface area contributed by atoms with Crippen LogP contribution in [-0.2, 0) is 0 Å². The molecule has 0 spiro atoms. The summed E-state index contributed by atoms with van der Waals surface area (Å²) in [6.07, 6.45) is 2.45. The maximum atomic E-state index is 11.9. The van der Waals surface area contributed by atoms with E-state index in [1.807, 2.05) is 0 Å². The van der Waals surface area contributed by atoms with E-state index in [2.05, 4.69) is 19.2 Å². The third-order valence-corrected chi connectivity index (χ3v) is 3.87. The van der Waals surface area contributed by atoms with Gasteiger partial charge in [-0.25, -0.2) is 0 Å². The van der Waals surface area contributed by atoms with Crippen molar-refractivity contribution in [2.75, 3.05) is 12.3 Å². The number of carbonyl (C=O) groups excluding carboxylic acids is 1. The van der Waals surface area contributed by atoms with Gasteiger partial charge in [0.1, 0.15) is 0 Å². The summed E-state index contributed by atoms with van der Waals surface area (Å²) in [5.41, 5.74) is 7.27. The van der Waals surface area contributed by atoms with E-state index >= 15 is 0 Å². The number of nitrogens with two attached hydrogens (primary N) is 1. The van der Waals surface area contributed by atoms with Crippen molar-refractivity contribution in [3.63, 3.8) is 0 Å². The minimum Gasteiger partial charge on any atom is -0.399 e. The lowest BCUT2D eigenvalue weighted by Crippen LogP contribution is -2.32. The lowest BCUT2D eigenvalue weighted by atomic mass is 9.92. The van der Waals surface area contributed by atoms with Crippen LogP contribution in [0.4, 0.5) is 5.69 Å². The molecular formula is C14H21ClN2O. The first-order valence-electron chi connectivity index (χ1n) is 6.17. The predicted octanol–water partition coefficient (Wildman–Crippen LogP) is 2.86. The number of benzene rings is 1. The minimum absolute atomic E-state index is 0. The number of amides is 1. The van der Waals surface area contributed by atoms with Gasteiger partial charge >= 0.3 is 0 Å². The van der Waals surface area contributed by atoms with Gasteiger partial charge in [-0.1, -0.05) is 19.9 Å². The summed E-state index contributed by atoms with van der Waals surface area (Å²) < 4.78 is 0. The Labute approximate surface area is 115 Å². The number of carbonyl (C=O) groups is 1. The van der Waals surface area contributed by atoms with Gasteiger partial charge in [0, 0.05) is 17.8 Å². The van der Waals surface area contributed by atoms with E-state index in [0.717, 1.165) is 6.54 Å². The molecule has 0 aliphatic heterocycles. The molecular weight excluding hydrogens is 248 g/mol. The van der Waals surface area contributed by atoms with Crippen LogP contribution in [0, 0.1) is 11.3 Å². The molecule has 0 saturated heterocycles. The predicted molar refractivity (Wildman–Crippen MR) is 76.9 cm³/mol. The molecule has 1 saturated carbocycles. The number of rotatable bonds is 4. The highest BCUT2D eigenvalue weighted by molar-refractivity contribution is 5.95. The van der Waals surface area contributed by atoms with Gasteiger partial charge in [0.2, 0.25) is 0 Å². The highest BCUT2D eigenvalue weighted by Crippen LogP contribution is 2.51. The van der Waals surface area contributed by atoms with E-state index < -0.39 is 0 Å². The number of hydrogen-bond donors (Lipinski definition) is 2. The third-order valence-electron chi connectivity index (χ3n) is 3.87. The van der Waals surface area contributed by atoms with Gasteiger partial charge < -0.3 is 11.1 Å². The normalized spacial score (nSPS) is 15.9. The molecule has 1 aromatic rings. The summed E-state index contributed by atoms with van der Waals surface area (Å²) in [5, 5.41) is 3.02. The van der Waals surface area contributed by atoms with Crippen LogP contribution in [-0.4, -0.2) is 12.5 Å². The third kappa shape index (κ3) is 3.16. The molecule has 0 radical (unpaired) electrons. The van der Waals surface area contributed by atoms with E-state index in [0.29, 0.717) is 22.6 Å². The van der Waals surface area contributed by atoms with Crippen molar-refractivity contribution in [2.45, 2.75) is 26.7 Å². The molecule has 0 aromatic heterocycles. The fourth-order valence-corrected chi connectivity index (χ4v) is 2.16. The van der Waals surface area contributed by atoms with Crippen LogP contribution >= 0.6 is 12.4 Å². The zero-order valence-electron chi connectivity index (χ0n) is 10.9. The molecule has 0 unspecified atom stereocenters. The first-order chi connectivity index (χ1) is 8.03. The lowest BCUT2D eigenvalue weighted by Gasteiger charge is -2.20. The topological polar surface area (TPSA) is 55.1 Å². The monoisotopic (exact) mass is 268 g/mol. The van der Waals surface area contributed by atoms with E-state index in [1.54, 1.807) is 24.3 Å². The fourth-order valence-electron chi connectivity index (χ4n) is 2.16. The van der Waals surface area contributed by atoms with Crippen LogP contribution in [0.3, 0.4) is 0 Å². The fraction of sp³-hybridized carbons (Fsp3) is 0.500. The Morgan fingerprint density at radius 3 is 2.61 bits per heavy atom. The SMILES string of the molecule is CC(C)C1(CNC(=O)c2cccc(N)c2)CC1.Cl. The van der Waals surface area contributed by atoms with Crippen molar-refractivity contribution in [3.8, 4) is 0 Å². The Morgan fingerprint density at radius 2 is 2.11 bits per heavy atom. The van der Waals surface area contributed by atoms with Crippen molar-refractivity contribution in [1.82, 2.24) is 5.32 Å². The van der Waals surface area contributed by atoms with E-state index in [1.165, 1.54) is 12.8 Å². The molecule has 4 heteroatoms. The van der Waals surface area contributed by atoms with Crippen molar-refractivity contribution < 1.29 is 4.79 Å². The molecule has 100 valence electrons. The van der Waals surface area contributed by atoms with Crippen LogP contribution in [0.25, 0.3) is 0 Å². The summed E-state index contributed by atoms with van der Waals surface area (Å²) in [5.74, 6) is 0.605. The summed E-state index contributed by atoms with van der Waals surface area (Å²) in [7, 11) is 0. The summed E-state index contributed by atoms with van der Waals surface area (Å²) in [6, 6.07) is 7.10. The Morgan fingerprint density at radius 1 is 1.44 bits per heavy atom. The minimum atomic E-state index is -0.0239. The first-order valence-corrected chi connectivity index (χ1v) is 6.17. The maximum Gasteiger partial charge on any atom is 0.251 e. The Bertz CT molecular complexity index is 428. The molecule has 0 bridgehead atoms. The second-order valence-electron chi connectivity index (χ2n) is 5.33. The summed E-state index contributed by atoms with van der Waals surface area (Å²) in [4.78, 5) is 11.9. The van der Waals surface area contributed by atoms with Crippen molar-refractivity contribution >= 4 is 24.0 Å².